The van der Waals surface area contributed by atoms with Crippen molar-refractivity contribution < 1.29 is 0 Å². The van der Waals surface area contributed by atoms with E-state index in [-0.39, 0.29) is 0 Å². The van der Waals surface area contributed by atoms with Gasteiger partial charge in [-0.3, -0.25) is 5.14 Å². The third-order valence-electron chi connectivity index (χ3n) is 1.25. The molecule has 1 nitrogen and oxygen atoms in total. The Morgan fingerprint density at radius 3 is 2.20 bits per heavy atom. The molecule has 1 aromatic carbocycles. The smallest absolute Gasteiger partial charge is 0.0261 e. The largest absolute Gasteiger partial charge is 0.271 e. The minimum atomic E-state index is -0.504. The molecule has 1 atom stereocenters. The summed E-state index contributed by atoms with van der Waals surface area (Å²) in [6.07, 6.45) is 0. The first-order valence-corrected chi connectivity index (χ1v) is 5.14. The Morgan fingerprint density at radius 1 is 1.30 bits per heavy atom. The predicted molar refractivity (Wildman–Crippen MR) is 48.4 cm³/mol. The fourth-order valence-electron chi connectivity index (χ4n) is 0.672. The lowest BCUT2D eigenvalue weighted by molar-refractivity contribution is 1.37. The van der Waals surface area contributed by atoms with Gasteiger partial charge in [-0.25, -0.2) is 0 Å². The quantitative estimate of drug-likeness (QED) is 0.689. The maximum Gasteiger partial charge on any atom is 0.0261 e. The Bertz CT molecular complexity index is 240. The van der Waals surface area contributed by atoms with Gasteiger partial charge < -0.3 is 0 Å². The molecule has 0 bridgehead atoms. The Balaban J connectivity index is 3.00. The zero-order valence-corrected chi connectivity index (χ0v) is 7.34. The second-order valence-electron chi connectivity index (χ2n) is 2.11. The van der Waals surface area contributed by atoms with Gasteiger partial charge in [0.1, 0.15) is 0 Å². The molecule has 0 saturated carbocycles. The molecule has 0 radical (unpaired) electrons. The summed E-state index contributed by atoms with van der Waals surface area (Å²) in [5.74, 6) is 0. The summed E-state index contributed by atoms with van der Waals surface area (Å²) in [5.41, 5.74) is 1.24. The van der Waals surface area contributed by atoms with E-state index in [0.717, 1.165) is 4.90 Å². The lowest BCUT2D eigenvalue weighted by Gasteiger charge is -1.97. The molecule has 0 aromatic heterocycles. The van der Waals surface area contributed by atoms with Gasteiger partial charge in [0.25, 0.3) is 0 Å². The molecule has 0 aliphatic rings. The van der Waals surface area contributed by atoms with Crippen molar-refractivity contribution >= 4 is 20.8 Å². The van der Waals surface area contributed by atoms with Gasteiger partial charge in [0.2, 0.25) is 0 Å². The third-order valence-corrected chi connectivity index (χ3v) is 2.57. The fraction of sp³-hybridized carbons (Fsp3) is 0.143. The number of hydrogen-bond acceptors (Lipinski definition) is 1. The zero-order valence-electron chi connectivity index (χ0n) is 5.70. The molecule has 0 spiro atoms. The molecular weight excluding hydrogens is 162 g/mol. The average molecular weight is 171 g/mol. The van der Waals surface area contributed by atoms with Crippen LogP contribution in [0.4, 0.5) is 0 Å². The van der Waals surface area contributed by atoms with E-state index < -0.39 is 9.64 Å². The van der Waals surface area contributed by atoms with Crippen LogP contribution < -0.4 is 5.14 Å². The van der Waals surface area contributed by atoms with Crippen LogP contribution in [0.2, 0.25) is 0 Å². The van der Waals surface area contributed by atoms with Crippen LogP contribution in [0.3, 0.4) is 0 Å². The minimum absolute atomic E-state index is 0.504. The summed E-state index contributed by atoms with van der Waals surface area (Å²) < 4.78 is 0. The van der Waals surface area contributed by atoms with Gasteiger partial charge in [-0.2, -0.15) is 0 Å². The van der Waals surface area contributed by atoms with Crippen LogP contribution >= 0.6 is 0 Å². The van der Waals surface area contributed by atoms with E-state index in [1.54, 1.807) is 0 Å². The van der Waals surface area contributed by atoms with Crippen LogP contribution in [0.15, 0.2) is 29.2 Å². The lowest BCUT2D eigenvalue weighted by Crippen LogP contribution is -2.00. The maximum absolute atomic E-state index is 5.51. The number of nitrogens with two attached hydrogens (primary N) is 1. The highest BCUT2D eigenvalue weighted by Crippen LogP contribution is 2.04. The van der Waals surface area contributed by atoms with Crippen LogP contribution in [0.25, 0.3) is 0 Å². The summed E-state index contributed by atoms with van der Waals surface area (Å²) in [7, 11) is -0.504. The van der Waals surface area contributed by atoms with Crippen molar-refractivity contribution in [3.8, 4) is 0 Å². The first-order valence-electron chi connectivity index (χ1n) is 2.93. The van der Waals surface area contributed by atoms with E-state index >= 15 is 0 Å². The van der Waals surface area contributed by atoms with Gasteiger partial charge in [-0.15, -0.1) is 0 Å². The molecule has 2 N–H and O–H groups in total. The Labute approximate surface area is 68.0 Å². The predicted octanol–water partition coefficient (Wildman–Crippen LogP) is 1.31. The maximum atomic E-state index is 5.51. The van der Waals surface area contributed by atoms with E-state index in [4.69, 9.17) is 16.3 Å². The Morgan fingerprint density at radius 2 is 1.80 bits per heavy atom. The molecule has 0 heterocycles. The summed E-state index contributed by atoms with van der Waals surface area (Å²) >= 11 is 4.89. The monoisotopic (exact) mass is 171 g/mol. The molecule has 1 aromatic rings. The summed E-state index contributed by atoms with van der Waals surface area (Å²) in [6.45, 7) is 2.04. The number of hydrogen-bond donors (Lipinski definition) is 1. The van der Waals surface area contributed by atoms with E-state index in [2.05, 4.69) is 0 Å². The molecule has 1 rings (SSSR count). The van der Waals surface area contributed by atoms with Crippen molar-refractivity contribution in [2.45, 2.75) is 11.8 Å². The van der Waals surface area contributed by atoms with Crippen molar-refractivity contribution in [1.82, 2.24) is 0 Å². The van der Waals surface area contributed by atoms with E-state index in [0.29, 0.717) is 0 Å². The average Bonchev–Trinajstić information content (AvgIpc) is 1.88. The fourth-order valence-corrected chi connectivity index (χ4v) is 1.41. The third kappa shape index (κ3) is 1.87. The molecule has 0 amide bonds. The van der Waals surface area contributed by atoms with Crippen molar-refractivity contribution in [3.63, 3.8) is 0 Å². The SMILES string of the molecule is Cc1ccc(S(N)=S)cc1. The highest BCUT2D eigenvalue weighted by Gasteiger charge is 1.90. The standard InChI is InChI=1S/C7H9NS2/c1-6-2-4-7(5-3-6)10(8)9/h2-5H,8H2,1H3. The second-order valence-corrected chi connectivity index (χ2v) is 4.25. The van der Waals surface area contributed by atoms with Crippen molar-refractivity contribution in [3.05, 3.63) is 29.8 Å². The van der Waals surface area contributed by atoms with Gasteiger partial charge in [0.05, 0.1) is 0 Å². The summed E-state index contributed by atoms with van der Waals surface area (Å²) in [5, 5.41) is 5.51. The summed E-state index contributed by atoms with van der Waals surface area (Å²) in [6, 6.07) is 8.00. The number of rotatable bonds is 1. The molecule has 3 heteroatoms. The first kappa shape index (κ1) is 7.85. The Kier molecular flexibility index (Phi) is 2.54. The molecule has 0 aliphatic carbocycles. The molecule has 54 valence electrons. The van der Waals surface area contributed by atoms with E-state index in [1.165, 1.54) is 5.56 Å². The van der Waals surface area contributed by atoms with E-state index in [9.17, 15) is 0 Å². The van der Waals surface area contributed by atoms with Gasteiger partial charge in [0, 0.05) is 4.90 Å². The molecule has 0 aliphatic heterocycles. The molecule has 1 unspecified atom stereocenters. The van der Waals surface area contributed by atoms with E-state index in [1.807, 2.05) is 31.2 Å². The van der Waals surface area contributed by atoms with Crippen molar-refractivity contribution in [1.29, 1.82) is 0 Å². The van der Waals surface area contributed by atoms with Crippen molar-refractivity contribution in [2.75, 3.05) is 0 Å². The highest BCUT2D eigenvalue weighted by molar-refractivity contribution is 8.27. The first-order chi connectivity index (χ1) is 4.70. The van der Waals surface area contributed by atoms with Gasteiger partial charge >= 0.3 is 0 Å². The zero-order chi connectivity index (χ0) is 7.56. The lowest BCUT2D eigenvalue weighted by atomic mass is 10.2. The molecule has 10 heavy (non-hydrogen) atoms. The van der Waals surface area contributed by atoms with Crippen LogP contribution in [0.1, 0.15) is 5.56 Å². The summed E-state index contributed by atoms with van der Waals surface area (Å²) in [4.78, 5) is 1.04. The molecular formula is C7H9NS2. The molecule has 0 saturated heterocycles. The van der Waals surface area contributed by atoms with Gasteiger partial charge in [-0.1, -0.05) is 17.7 Å². The van der Waals surface area contributed by atoms with Crippen molar-refractivity contribution in [2.24, 2.45) is 5.14 Å². The van der Waals surface area contributed by atoms with Crippen LogP contribution in [0.5, 0.6) is 0 Å². The van der Waals surface area contributed by atoms with Gasteiger partial charge in [0.15, 0.2) is 0 Å². The highest BCUT2D eigenvalue weighted by atomic mass is 32.8. The molecule has 0 fully saturated rings. The second kappa shape index (κ2) is 3.23. The van der Waals surface area contributed by atoms with Crippen LogP contribution in [-0.4, -0.2) is 0 Å². The van der Waals surface area contributed by atoms with Crippen LogP contribution in [-0.2, 0) is 20.8 Å². The normalized spacial score (nSPS) is 13.0. The Hall–Kier alpha value is -0.250. The van der Waals surface area contributed by atoms with Crippen LogP contribution in [0, 0.1) is 6.92 Å². The topological polar surface area (TPSA) is 26.0 Å². The number of aryl methyl sites for hydroxylation is 1. The number of benzene rings is 1. The van der Waals surface area contributed by atoms with Gasteiger partial charge in [-0.05, 0) is 39.9 Å². The minimum Gasteiger partial charge on any atom is -0.271 e.